The molecule has 9 heteroatoms. The normalized spacial score (nSPS) is 11.1. The lowest BCUT2D eigenvalue weighted by Gasteiger charge is -2.17. The van der Waals surface area contributed by atoms with E-state index in [9.17, 15) is 18.0 Å². The summed E-state index contributed by atoms with van der Waals surface area (Å²) < 4.78 is 44.1. The van der Waals surface area contributed by atoms with Crippen LogP contribution in [-0.2, 0) is 7.05 Å². The third-order valence-electron chi connectivity index (χ3n) is 4.40. The second kappa shape index (κ2) is 7.25. The van der Waals surface area contributed by atoms with Crippen molar-refractivity contribution in [2.45, 2.75) is 6.92 Å². The summed E-state index contributed by atoms with van der Waals surface area (Å²) >= 11 is 1.25. The van der Waals surface area contributed by atoms with Crippen molar-refractivity contribution in [3.8, 4) is 33.0 Å². The number of aryl methyl sites for hydroxylation is 1. The molecule has 4 aromatic rings. The predicted molar refractivity (Wildman–Crippen MR) is 104 cm³/mol. The second-order valence-corrected chi connectivity index (χ2v) is 7.21. The van der Waals surface area contributed by atoms with Gasteiger partial charge in [0, 0.05) is 41.4 Å². The molecule has 0 saturated carbocycles. The molecule has 0 aliphatic rings. The van der Waals surface area contributed by atoms with Crippen molar-refractivity contribution in [3.05, 3.63) is 75.5 Å². The summed E-state index contributed by atoms with van der Waals surface area (Å²) in [7, 11) is 1.49. The average Bonchev–Trinajstić information content (AvgIpc) is 3.10. The molecule has 1 aromatic carbocycles. The zero-order valence-corrected chi connectivity index (χ0v) is 16.1. The summed E-state index contributed by atoms with van der Waals surface area (Å²) in [6.45, 7) is 1.78. The number of nitrogens with zero attached hydrogens (tertiary/aromatic N) is 4. The maximum absolute atomic E-state index is 14.7. The zero-order chi connectivity index (χ0) is 20.7. The average molecular weight is 414 g/mol. The molecule has 0 spiro atoms. The Hall–Kier alpha value is -3.33. The van der Waals surface area contributed by atoms with Gasteiger partial charge in [0.25, 0.3) is 5.56 Å². The quantitative estimate of drug-likeness (QED) is 0.500. The van der Waals surface area contributed by atoms with Crippen LogP contribution in [-0.4, -0.2) is 19.7 Å². The van der Waals surface area contributed by atoms with Gasteiger partial charge < -0.3 is 4.57 Å². The van der Waals surface area contributed by atoms with E-state index in [1.54, 1.807) is 18.4 Å². The summed E-state index contributed by atoms with van der Waals surface area (Å²) in [6, 6.07) is 4.16. The molecule has 0 fully saturated rings. The fourth-order valence-electron chi connectivity index (χ4n) is 3.14. The number of pyridine rings is 1. The minimum atomic E-state index is -1.08. The van der Waals surface area contributed by atoms with Crippen molar-refractivity contribution in [2.75, 3.05) is 0 Å². The van der Waals surface area contributed by atoms with Crippen LogP contribution in [0, 0.1) is 24.4 Å². The first kappa shape index (κ1) is 19.0. The number of thiazole rings is 1. The van der Waals surface area contributed by atoms with Crippen LogP contribution in [0.15, 0.2) is 46.8 Å². The topological polar surface area (TPSA) is 60.7 Å². The Morgan fingerprint density at radius 2 is 1.76 bits per heavy atom. The highest BCUT2D eigenvalue weighted by atomic mass is 32.1. The van der Waals surface area contributed by atoms with Crippen LogP contribution in [0.25, 0.3) is 33.0 Å². The third-order valence-corrected chi connectivity index (χ3v) is 5.39. The van der Waals surface area contributed by atoms with E-state index < -0.39 is 28.6 Å². The summed E-state index contributed by atoms with van der Waals surface area (Å²) in [5, 5.41) is 9.68. The van der Waals surface area contributed by atoms with Crippen LogP contribution >= 0.6 is 11.3 Å². The van der Waals surface area contributed by atoms with Crippen LogP contribution in [0.2, 0.25) is 0 Å². The van der Waals surface area contributed by atoms with Gasteiger partial charge in [-0.05, 0) is 19.1 Å². The summed E-state index contributed by atoms with van der Waals surface area (Å²) in [5.74, 6) is -3.19. The Bertz CT molecular complexity index is 1260. The van der Waals surface area contributed by atoms with E-state index in [-0.39, 0.29) is 16.8 Å². The highest BCUT2D eigenvalue weighted by Gasteiger charge is 2.23. The van der Waals surface area contributed by atoms with E-state index >= 15 is 0 Å². The number of aromatic nitrogens is 4. The highest BCUT2D eigenvalue weighted by Crippen LogP contribution is 2.36. The van der Waals surface area contributed by atoms with Crippen LogP contribution in [0.4, 0.5) is 13.2 Å². The standard InChI is InChI=1S/C20H13F3N4OS/c1-10-9-29-19(26-10)14-7-13(17-15(22)5-12(21)6-16(17)23)18(27(2)20(14)28)11-3-4-24-25-8-11/h3-9H,1-2H3. The van der Waals surface area contributed by atoms with E-state index in [2.05, 4.69) is 15.2 Å². The molecule has 4 rings (SSSR count). The van der Waals surface area contributed by atoms with Gasteiger partial charge in [0.2, 0.25) is 0 Å². The second-order valence-electron chi connectivity index (χ2n) is 6.35. The largest absolute Gasteiger partial charge is 0.310 e. The lowest BCUT2D eigenvalue weighted by molar-refractivity contribution is 0.548. The molecule has 0 N–H and O–H groups in total. The predicted octanol–water partition coefficient (Wildman–Crippen LogP) is 4.36. The van der Waals surface area contributed by atoms with Gasteiger partial charge in [-0.1, -0.05) is 0 Å². The van der Waals surface area contributed by atoms with Crippen molar-refractivity contribution < 1.29 is 13.2 Å². The van der Waals surface area contributed by atoms with E-state index in [0.29, 0.717) is 22.7 Å². The minimum Gasteiger partial charge on any atom is -0.310 e. The number of benzene rings is 1. The van der Waals surface area contributed by atoms with Crippen LogP contribution in [0.1, 0.15) is 5.69 Å². The molecule has 29 heavy (non-hydrogen) atoms. The number of hydrogen-bond acceptors (Lipinski definition) is 5. The van der Waals surface area contributed by atoms with Crippen LogP contribution in [0.3, 0.4) is 0 Å². The van der Waals surface area contributed by atoms with Crippen molar-refractivity contribution >= 4 is 11.3 Å². The summed E-state index contributed by atoms with van der Waals surface area (Å²) in [5.41, 5.74) is 0.815. The smallest absolute Gasteiger partial charge is 0.261 e. The molecule has 0 saturated heterocycles. The Morgan fingerprint density at radius 1 is 1.03 bits per heavy atom. The van der Waals surface area contributed by atoms with E-state index in [4.69, 9.17) is 0 Å². The lowest BCUT2D eigenvalue weighted by atomic mass is 9.97. The molecule has 3 aromatic heterocycles. The summed E-state index contributed by atoms with van der Waals surface area (Å²) in [4.78, 5) is 17.3. The van der Waals surface area contributed by atoms with Gasteiger partial charge in [-0.15, -0.1) is 11.3 Å². The molecule has 0 bridgehead atoms. The Morgan fingerprint density at radius 3 is 2.34 bits per heavy atom. The van der Waals surface area contributed by atoms with Gasteiger partial charge >= 0.3 is 0 Å². The lowest BCUT2D eigenvalue weighted by Crippen LogP contribution is -2.21. The molecule has 3 heterocycles. The maximum Gasteiger partial charge on any atom is 0.261 e. The van der Waals surface area contributed by atoms with E-state index in [1.165, 1.54) is 41.4 Å². The Balaban J connectivity index is 2.12. The van der Waals surface area contributed by atoms with Gasteiger partial charge in [0.15, 0.2) is 0 Å². The highest BCUT2D eigenvalue weighted by molar-refractivity contribution is 7.13. The molecule has 0 aliphatic carbocycles. The molecule has 5 nitrogen and oxygen atoms in total. The molecule has 0 radical (unpaired) electrons. The van der Waals surface area contributed by atoms with Gasteiger partial charge in [-0.25, -0.2) is 18.2 Å². The van der Waals surface area contributed by atoms with Crippen molar-refractivity contribution in [1.82, 2.24) is 19.7 Å². The van der Waals surface area contributed by atoms with Gasteiger partial charge in [-0.2, -0.15) is 10.2 Å². The van der Waals surface area contributed by atoms with Crippen molar-refractivity contribution in [3.63, 3.8) is 0 Å². The molecule has 146 valence electrons. The van der Waals surface area contributed by atoms with Gasteiger partial charge in [0.1, 0.15) is 22.5 Å². The zero-order valence-electron chi connectivity index (χ0n) is 15.3. The first-order chi connectivity index (χ1) is 13.9. The molecule has 0 aliphatic heterocycles. The minimum absolute atomic E-state index is 0.0814. The van der Waals surface area contributed by atoms with Crippen LogP contribution in [0.5, 0.6) is 0 Å². The first-order valence-corrected chi connectivity index (χ1v) is 9.33. The van der Waals surface area contributed by atoms with E-state index in [1.807, 2.05) is 0 Å². The molecule has 0 atom stereocenters. The molecule has 0 amide bonds. The number of rotatable bonds is 3. The SMILES string of the molecule is Cc1csc(-c2cc(-c3c(F)cc(F)cc3F)c(-c3ccnnc3)n(C)c2=O)n1. The van der Waals surface area contributed by atoms with Crippen LogP contribution < -0.4 is 5.56 Å². The van der Waals surface area contributed by atoms with Gasteiger partial charge in [-0.3, -0.25) is 4.79 Å². The third kappa shape index (κ3) is 3.33. The molecular formula is C20H13F3N4OS. The Kier molecular flexibility index (Phi) is 4.75. The monoisotopic (exact) mass is 414 g/mol. The molecular weight excluding hydrogens is 401 g/mol. The van der Waals surface area contributed by atoms with Crippen molar-refractivity contribution in [1.29, 1.82) is 0 Å². The first-order valence-electron chi connectivity index (χ1n) is 8.45. The van der Waals surface area contributed by atoms with Gasteiger partial charge in [0.05, 0.1) is 29.2 Å². The number of halogens is 3. The Labute approximate surface area is 167 Å². The molecule has 0 unspecified atom stereocenters. The summed E-state index contributed by atoms with van der Waals surface area (Å²) in [6.07, 6.45) is 2.78. The fourth-order valence-corrected chi connectivity index (χ4v) is 3.94. The fraction of sp³-hybridized carbons (Fsp3) is 0.100. The number of hydrogen-bond donors (Lipinski definition) is 0. The maximum atomic E-state index is 14.7. The van der Waals surface area contributed by atoms with Crippen molar-refractivity contribution in [2.24, 2.45) is 7.05 Å². The van der Waals surface area contributed by atoms with E-state index in [0.717, 1.165) is 5.69 Å².